The Morgan fingerprint density at radius 3 is 2.33 bits per heavy atom. The maximum absolute atomic E-state index is 6.19. The number of likely N-dealkylation sites (N-methyl/N-ethyl adjacent to an activating group) is 1. The summed E-state index contributed by atoms with van der Waals surface area (Å²) in [6, 6.07) is 0.0946. The third-order valence-corrected chi connectivity index (χ3v) is 4.66. The summed E-state index contributed by atoms with van der Waals surface area (Å²) in [6.07, 6.45) is 1.88. The Morgan fingerprint density at radius 2 is 1.89 bits per heavy atom. The van der Waals surface area contributed by atoms with E-state index in [0.29, 0.717) is 9.97 Å². The number of nitrogens with one attached hydrogen (secondary N) is 2. The molecule has 0 amide bonds. The van der Waals surface area contributed by atoms with E-state index in [9.17, 15) is 0 Å². The van der Waals surface area contributed by atoms with Crippen molar-refractivity contribution in [1.29, 1.82) is 0 Å². The highest BCUT2D eigenvalue weighted by atomic mass is 127. The van der Waals surface area contributed by atoms with Crippen LogP contribution >= 0.6 is 22.6 Å². The van der Waals surface area contributed by atoms with Crippen LogP contribution in [0.2, 0.25) is 0 Å². The van der Waals surface area contributed by atoms with Gasteiger partial charge in [-0.3, -0.25) is 0 Å². The first-order valence-electron chi connectivity index (χ1n) is 6.54. The van der Waals surface area contributed by atoms with Crippen LogP contribution < -0.4 is 22.1 Å². The van der Waals surface area contributed by atoms with Crippen LogP contribution in [0.1, 0.15) is 26.7 Å². The number of ether oxygens (including phenoxy) is 1. The zero-order chi connectivity index (χ0) is 14.1. The summed E-state index contributed by atoms with van der Waals surface area (Å²) < 4.78 is 5.80. The molecule has 0 saturated carbocycles. The number of nitrogens with two attached hydrogens (primary N) is 2. The van der Waals surface area contributed by atoms with Crippen molar-refractivity contribution in [3.63, 3.8) is 0 Å². The molecule has 0 fully saturated rings. The molecule has 0 rings (SSSR count). The fourth-order valence-electron chi connectivity index (χ4n) is 1.93. The first-order valence-corrected chi connectivity index (χ1v) is 7.79. The minimum Gasteiger partial charge on any atom is -0.379 e. The van der Waals surface area contributed by atoms with E-state index in [1.54, 1.807) is 7.11 Å². The Balaban J connectivity index is 4.15. The van der Waals surface area contributed by atoms with Crippen LogP contribution in [0.25, 0.3) is 0 Å². The van der Waals surface area contributed by atoms with E-state index in [-0.39, 0.29) is 18.3 Å². The SMILES string of the molecule is CCN[C@@H](N)C[C@@H](N)C(C)C[C@@H](OC)C(I)NC. The minimum absolute atomic E-state index is 0.0202. The Bertz CT molecular complexity index is 209. The van der Waals surface area contributed by atoms with Crippen LogP contribution in [0.4, 0.5) is 0 Å². The van der Waals surface area contributed by atoms with Gasteiger partial charge >= 0.3 is 0 Å². The molecule has 0 spiro atoms. The smallest absolute Gasteiger partial charge is 0.0856 e. The summed E-state index contributed by atoms with van der Waals surface area (Å²) >= 11 is 2.35. The Hall–Kier alpha value is 0.530. The van der Waals surface area contributed by atoms with Crippen LogP contribution in [-0.4, -0.2) is 43.1 Å². The van der Waals surface area contributed by atoms with Gasteiger partial charge in [-0.2, -0.15) is 0 Å². The second-order valence-electron chi connectivity index (χ2n) is 4.74. The predicted octanol–water partition coefficient (Wildman–Crippen LogP) is 0.620. The van der Waals surface area contributed by atoms with Crippen LogP contribution in [0.5, 0.6) is 0 Å². The molecule has 5 nitrogen and oxygen atoms in total. The third-order valence-electron chi connectivity index (χ3n) is 3.23. The number of halogens is 1. The van der Waals surface area contributed by atoms with Crippen molar-refractivity contribution in [2.24, 2.45) is 17.4 Å². The van der Waals surface area contributed by atoms with E-state index >= 15 is 0 Å². The average Bonchev–Trinajstić information content (AvgIpc) is 2.34. The highest BCUT2D eigenvalue weighted by Crippen LogP contribution is 2.19. The molecule has 0 aliphatic carbocycles. The van der Waals surface area contributed by atoms with Gasteiger partial charge in [0.1, 0.15) is 0 Å². The first-order chi connectivity index (χ1) is 8.46. The van der Waals surface area contributed by atoms with Crippen LogP contribution in [0.3, 0.4) is 0 Å². The average molecular weight is 372 g/mol. The zero-order valence-electron chi connectivity index (χ0n) is 11.9. The van der Waals surface area contributed by atoms with Crippen molar-refractivity contribution in [3.05, 3.63) is 0 Å². The Kier molecular flexibility index (Phi) is 10.6. The predicted molar refractivity (Wildman–Crippen MR) is 85.7 cm³/mol. The van der Waals surface area contributed by atoms with Gasteiger partial charge in [0.25, 0.3) is 0 Å². The molecule has 0 radical (unpaired) electrons. The molecule has 0 heterocycles. The van der Waals surface area contributed by atoms with Crippen molar-refractivity contribution in [2.75, 3.05) is 20.7 Å². The van der Waals surface area contributed by atoms with Gasteiger partial charge in [0.05, 0.1) is 16.3 Å². The van der Waals surface area contributed by atoms with Gasteiger partial charge in [-0.05, 0) is 32.4 Å². The molecular formula is C12H29IN4O. The summed E-state index contributed by atoms with van der Waals surface area (Å²) in [6.45, 7) is 5.08. The molecule has 0 aliphatic rings. The van der Waals surface area contributed by atoms with E-state index in [4.69, 9.17) is 16.2 Å². The maximum atomic E-state index is 6.19. The highest BCUT2D eigenvalue weighted by molar-refractivity contribution is 14.1. The molecule has 0 aromatic heterocycles. The number of hydrogen-bond acceptors (Lipinski definition) is 5. The number of methoxy groups -OCH3 is 1. The van der Waals surface area contributed by atoms with Crippen molar-refractivity contribution in [1.82, 2.24) is 10.6 Å². The standard InChI is InChI=1S/C12H29IN4O/c1-5-17-11(15)7-9(14)8(2)6-10(18-4)12(13)16-3/h8-12,16-17H,5-7,14-15H2,1-4H3/t8?,9-,10-,11-,12?/m1/s1. The van der Waals surface area contributed by atoms with Crippen molar-refractivity contribution in [2.45, 2.75) is 49.0 Å². The van der Waals surface area contributed by atoms with E-state index in [2.05, 4.69) is 40.1 Å². The molecule has 6 heteroatoms. The van der Waals surface area contributed by atoms with E-state index in [0.717, 1.165) is 19.4 Å². The lowest BCUT2D eigenvalue weighted by Crippen LogP contribution is -2.45. The molecule has 0 saturated heterocycles. The summed E-state index contributed by atoms with van der Waals surface area (Å²) in [7, 11) is 3.69. The van der Waals surface area contributed by atoms with Gasteiger partial charge in [-0.25, -0.2) is 0 Å². The highest BCUT2D eigenvalue weighted by Gasteiger charge is 2.23. The van der Waals surface area contributed by atoms with Gasteiger partial charge in [0.2, 0.25) is 0 Å². The number of rotatable bonds is 10. The summed E-state index contributed by atoms with van der Waals surface area (Å²) in [5.74, 6) is 0.380. The van der Waals surface area contributed by atoms with E-state index < -0.39 is 0 Å². The monoisotopic (exact) mass is 372 g/mol. The second kappa shape index (κ2) is 10.3. The van der Waals surface area contributed by atoms with E-state index in [1.807, 2.05) is 14.0 Å². The molecular weight excluding hydrogens is 343 g/mol. The largest absolute Gasteiger partial charge is 0.379 e. The van der Waals surface area contributed by atoms with Gasteiger partial charge in [0.15, 0.2) is 0 Å². The van der Waals surface area contributed by atoms with Gasteiger partial charge < -0.3 is 26.8 Å². The molecule has 0 aliphatic heterocycles. The lowest BCUT2D eigenvalue weighted by Gasteiger charge is -2.28. The quantitative estimate of drug-likeness (QED) is 0.196. The van der Waals surface area contributed by atoms with Gasteiger partial charge in [0, 0.05) is 13.2 Å². The maximum Gasteiger partial charge on any atom is 0.0856 e. The lowest BCUT2D eigenvalue weighted by atomic mass is 9.92. The topological polar surface area (TPSA) is 85.3 Å². The summed E-state index contributed by atoms with van der Waals surface area (Å²) in [5.41, 5.74) is 12.1. The molecule has 2 unspecified atom stereocenters. The first kappa shape index (κ1) is 18.5. The molecule has 6 N–H and O–H groups in total. The molecule has 18 heavy (non-hydrogen) atoms. The normalized spacial score (nSPS) is 20.2. The summed E-state index contributed by atoms with van der Waals surface area (Å²) in [5, 5.41) is 6.39. The number of alkyl halides is 1. The van der Waals surface area contributed by atoms with Crippen molar-refractivity contribution >= 4 is 22.6 Å². The van der Waals surface area contributed by atoms with Crippen LogP contribution in [0, 0.1) is 5.92 Å². The van der Waals surface area contributed by atoms with Crippen LogP contribution in [-0.2, 0) is 4.74 Å². The fourth-order valence-corrected chi connectivity index (χ4v) is 2.52. The van der Waals surface area contributed by atoms with Crippen LogP contribution in [0.15, 0.2) is 0 Å². The Labute approximate surface area is 125 Å². The third kappa shape index (κ3) is 7.20. The molecule has 0 aromatic carbocycles. The fraction of sp³-hybridized carbons (Fsp3) is 1.00. The molecule has 0 bridgehead atoms. The Morgan fingerprint density at radius 1 is 1.28 bits per heavy atom. The second-order valence-corrected chi connectivity index (χ2v) is 6.08. The minimum atomic E-state index is -0.0202. The number of hydrogen-bond donors (Lipinski definition) is 4. The lowest BCUT2D eigenvalue weighted by molar-refractivity contribution is 0.0740. The van der Waals surface area contributed by atoms with Gasteiger partial charge in [-0.1, -0.05) is 36.4 Å². The summed E-state index contributed by atoms with van der Waals surface area (Å²) in [4.78, 5) is 0. The zero-order valence-corrected chi connectivity index (χ0v) is 14.1. The van der Waals surface area contributed by atoms with E-state index in [1.165, 1.54) is 0 Å². The van der Waals surface area contributed by atoms with Crippen molar-refractivity contribution in [3.8, 4) is 0 Å². The molecule has 5 atom stereocenters. The van der Waals surface area contributed by atoms with Crippen molar-refractivity contribution < 1.29 is 4.74 Å². The molecule has 110 valence electrons. The molecule has 0 aromatic rings. The van der Waals surface area contributed by atoms with Gasteiger partial charge in [-0.15, -0.1) is 0 Å².